The first-order valence-corrected chi connectivity index (χ1v) is 13.8. The van der Waals surface area contributed by atoms with Crippen LogP contribution in [-0.4, -0.2) is 67.7 Å². The third-order valence-corrected chi connectivity index (χ3v) is 9.03. The van der Waals surface area contributed by atoms with Crippen LogP contribution in [0.3, 0.4) is 0 Å². The summed E-state index contributed by atoms with van der Waals surface area (Å²) in [7, 11) is -3.66. The number of benzene rings is 1. The van der Waals surface area contributed by atoms with Crippen molar-refractivity contribution in [1.29, 1.82) is 0 Å². The highest BCUT2D eigenvalue weighted by atomic mass is 32.2. The molecular formula is C25H28N2O5S2. The molecule has 4 rings (SSSR count). The molecule has 1 spiro atoms. The zero-order valence-electron chi connectivity index (χ0n) is 19.1. The van der Waals surface area contributed by atoms with Crippen LogP contribution in [0.1, 0.15) is 51.1 Å². The number of Topliss-reactive ketones (excluding diaryl/α,β-unsaturated/α-hetero) is 1. The SMILES string of the molecule is CC(=O)c1ccc(C(=O)N2CCC3(CCN(C(=O)CS(=O)(=O)/C=C/c4ccccc4)C3)CC2)s1. The van der Waals surface area contributed by atoms with Gasteiger partial charge < -0.3 is 9.80 Å². The Morgan fingerprint density at radius 2 is 1.56 bits per heavy atom. The van der Waals surface area contributed by atoms with Gasteiger partial charge in [0, 0.05) is 31.6 Å². The molecule has 0 saturated carbocycles. The van der Waals surface area contributed by atoms with E-state index in [1.165, 1.54) is 24.3 Å². The van der Waals surface area contributed by atoms with Crippen molar-refractivity contribution in [3.63, 3.8) is 0 Å². The molecule has 2 aliphatic heterocycles. The topological polar surface area (TPSA) is 91.8 Å². The fourth-order valence-electron chi connectivity index (χ4n) is 4.60. The quantitative estimate of drug-likeness (QED) is 0.566. The Hall–Kier alpha value is -2.78. The van der Waals surface area contributed by atoms with Crippen LogP contribution < -0.4 is 0 Å². The lowest BCUT2D eigenvalue weighted by atomic mass is 9.78. The van der Waals surface area contributed by atoms with Crippen LogP contribution in [0.15, 0.2) is 47.9 Å². The summed E-state index contributed by atoms with van der Waals surface area (Å²) >= 11 is 1.22. The molecule has 2 fully saturated rings. The maximum atomic E-state index is 12.8. The highest BCUT2D eigenvalue weighted by Crippen LogP contribution is 2.41. The number of nitrogens with zero attached hydrogens (tertiary/aromatic N) is 2. The smallest absolute Gasteiger partial charge is 0.263 e. The second-order valence-electron chi connectivity index (χ2n) is 9.10. The molecule has 1 aromatic heterocycles. The van der Waals surface area contributed by atoms with E-state index in [1.807, 2.05) is 23.1 Å². The third kappa shape index (κ3) is 5.64. The first-order valence-electron chi connectivity index (χ1n) is 11.3. The standard InChI is InChI=1S/C25H28N2O5S2/c1-19(28)21-7-8-22(33-21)24(30)26-13-10-25(11-14-26)12-15-27(18-25)23(29)17-34(31,32)16-9-20-5-3-2-4-6-20/h2-9,16H,10-15,17-18H2,1H3/b16-9+. The maximum absolute atomic E-state index is 12.8. The zero-order valence-corrected chi connectivity index (χ0v) is 20.7. The van der Waals surface area contributed by atoms with Crippen molar-refractivity contribution >= 4 is 44.8 Å². The number of ketones is 1. The molecule has 0 atom stereocenters. The van der Waals surface area contributed by atoms with Gasteiger partial charge in [0.25, 0.3) is 5.91 Å². The molecule has 34 heavy (non-hydrogen) atoms. The van der Waals surface area contributed by atoms with E-state index < -0.39 is 15.6 Å². The number of piperidine rings is 1. The van der Waals surface area contributed by atoms with Gasteiger partial charge in [0.05, 0.1) is 9.75 Å². The number of hydrogen-bond donors (Lipinski definition) is 0. The summed E-state index contributed by atoms with van der Waals surface area (Å²) in [5.41, 5.74) is 0.691. The minimum absolute atomic E-state index is 0.0464. The first kappa shape index (κ1) is 24.3. The summed E-state index contributed by atoms with van der Waals surface area (Å²) in [6.07, 6.45) is 3.87. The monoisotopic (exact) mass is 500 g/mol. The fraction of sp³-hybridized carbons (Fsp3) is 0.400. The van der Waals surface area contributed by atoms with Crippen LogP contribution in [-0.2, 0) is 14.6 Å². The number of carbonyl (C=O) groups is 3. The van der Waals surface area contributed by atoms with E-state index in [-0.39, 0.29) is 23.0 Å². The molecule has 0 unspecified atom stereocenters. The van der Waals surface area contributed by atoms with Crippen LogP contribution in [0, 0.1) is 5.41 Å². The molecule has 9 heteroatoms. The van der Waals surface area contributed by atoms with Gasteiger partial charge in [-0.1, -0.05) is 30.3 Å². The summed E-state index contributed by atoms with van der Waals surface area (Å²) in [4.78, 5) is 41.7. The lowest BCUT2D eigenvalue weighted by molar-refractivity contribution is -0.128. The number of sulfone groups is 1. The Kier molecular flexibility index (Phi) is 7.04. The number of carbonyl (C=O) groups excluding carboxylic acids is 3. The number of rotatable bonds is 6. The Morgan fingerprint density at radius 3 is 2.18 bits per heavy atom. The Bertz CT molecular complexity index is 1210. The fourth-order valence-corrected chi connectivity index (χ4v) is 6.45. The molecule has 1 aromatic carbocycles. The van der Waals surface area contributed by atoms with Crippen molar-refractivity contribution < 1.29 is 22.8 Å². The van der Waals surface area contributed by atoms with Gasteiger partial charge in [0.2, 0.25) is 5.91 Å². The maximum Gasteiger partial charge on any atom is 0.263 e. The summed E-state index contributed by atoms with van der Waals surface area (Å²) in [6.45, 7) is 3.73. The van der Waals surface area contributed by atoms with Gasteiger partial charge in [0.1, 0.15) is 5.75 Å². The Balaban J connectivity index is 1.30. The van der Waals surface area contributed by atoms with Crippen molar-refractivity contribution in [2.45, 2.75) is 26.2 Å². The minimum Gasteiger partial charge on any atom is -0.341 e. The molecule has 2 saturated heterocycles. The molecule has 0 bridgehead atoms. The normalized spacial score (nSPS) is 18.0. The predicted octanol–water partition coefficient (Wildman–Crippen LogP) is 3.49. The molecule has 7 nitrogen and oxygen atoms in total. The van der Waals surface area contributed by atoms with Crippen molar-refractivity contribution in [3.8, 4) is 0 Å². The lowest BCUT2D eigenvalue weighted by Crippen LogP contribution is -2.45. The van der Waals surface area contributed by atoms with E-state index in [0.29, 0.717) is 35.9 Å². The second kappa shape index (κ2) is 9.84. The van der Waals surface area contributed by atoms with Crippen molar-refractivity contribution in [2.24, 2.45) is 5.41 Å². The number of thiophene rings is 1. The van der Waals surface area contributed by atoms with E-state index in [0.717, 1.165) is 30.2 Å². The molecule has 180 valence electrons. The van der Waals surface area contributed by atoms with E-state index in [9.17, 15) is 22.8 Å². The Labute approximate surface area is 204 Å². The van der Waals surface area contributed by atoms with Gasteiger partial charge in [-0.05, 0) is 55.4 Å². The largest absolute Gasteiger partial charge is 0.341 e. The van der Waals surface area contributed by atoms with E-state index >= 15 is 0 Å². The van der Waals surface area contributed by atoms with E-state index in [1.54, 1.807) is 29.2 Å². The number of amides is 2. The van der Waals surface area contributed by atoms with Crippen LogP contribution in [0.25, 0.3) is 6.08 Å². The van der Waals surface area contributed by atoms with E-state index in [4.69, 9.17) is 0 Å². The van der Waals surface area contributed by atoms with Crippen LogP contribution in [0.4, 0.5) is 0 Å². The highest BCUT2D eigenvalue weighted by molar-refractivity contribution is 7.95. The summed E-state index contributed by atoms with van der Waals surface area (Å²) in [5.74, 6) is -1.01. The molecule has 0 radical (unpaired) electrons. The van der Waals surface area contributed by atoms with Crippen molar-refractivity contribution in [3.05, 3.63) is 63.2 Å². The Morgan fingerprint density at radius 1 is 0.941 bits per heavy atom. The summed E-state index contributed by atoms with van der Waals surface area (Å²) < 4.78 is 24.9. The van der Waals surface area contributed by atoms with Crippen LogP contribution in [0.5, 0.6) is 0 Å². The van der Waals surface area contributed by atoms with Gasteiger partial charge in [-0.3, -0.25) is 14.4 Å². The number of hydrogen-bond acceptors (Lipinski definition) is 6. The molecule has 3 heterocycles. The molecular weight excluding hydrogens is 472 g/mol. The van der Waals surface area contributed by atoms with Gasteiger partial charge in [-0.2, -0.15) is 0 Å². The molecule has 0 aliphatic carbocycles. The van der Waals surface area contributed by atoms with Crippen molar-refractivity contribution in [1.82, 2.24) is 9.80 Å². The molecule has 2 aromatic rings. The zero-order chi connectivity index (χ0) is 24.3. The van der Waals surface area contributed by atoms with E-state index in [2.05, 4.69) is 0 Å². The van der Waals surface area contributed by atoms with Gasteiger partial charge in [-0.25, -0.2) is 8.42 Å². The van der Waals surface area contributed by atoms with Crippen LogP contribution >= 0.6 is 11.3 Å². The molecule has 2 aliphatic rings. The highest BCUT2D eigenvalue weighted by Gasteiger charge is 2.43. The minimum atomic E-state index is -3.66. The van der Waals surface area contributed by atoms with Crippen molar-refractivity contribution in [2.75, 3.05) is 31.9 Å². The molecule has 0 N–H and O–H groups in total. The van der Waals surface area contributed by atoms with Crippen LogP contribution in [0.2, 0.25) is 0 Å². The first-order chi connectivity index (χ1) is 16.2. The molecule has 2 amide bonds. The summed E-state index contributed by atoms with van der Waals surface area (Å²) in [6, 6.07) is 12.5. The van der Waals surface area contributed by atoms with Gasteiger partial charge in [-0.15, -0.1) is 11.3 Å². The second-order valence-corrected chi connectivity index (χ2v) is 12.1. The average Bonchev–Trinajstić information content (AvgIpc) is 3.47. The lowest BCUT2D eigenvalue weighted by Gasteiger charge is -2.39. The third-order valence-electron chi connectivity index (χ3n) is 6.66. The predicted molar refractivity (Wildman–Crippen MR) is 132 cm³/mol. The van der Waals surface area contributed by atoms with Gasteiger partial charge >= 0.3 is 0 Å². The summed E-state index contributed by atoms with van der Waals surface area (Å²) in [5, 5.41) is 1.11. The number of likely N-dealkylation sites (tertiary alicyclic amines) is 2. The average molecular weight is 501 g/mol. The van der Waals surface area contributed by atoms with Gasteiger partial charge in [0.15, 0.2) is 15.6 Å².